The maximum atomic E-state index is 6.01. The summed E-state index contributed by atoms with van der Waals surface area (Å²) < 4.78 is 7.84. The van der Waals surface area contributed by atoms with Crippen LogP contribution in [-0.2, 0) is 11.3 Å². The third kappa shape index (κ3) is 3.34. The molecule has 0 unspecified atom stereocenters. The van der Waals surface area contributed by atoms with E-state index in [2.05, 4.69) is 37.3 Å². The Labute approximate surface area is 160 Å². The molecule has 4 aromatic rings. The lowest BCUT2D eigenvalue weighted by Gasteiger charge is -2.31. The van der Waals surface area contributed by atoms with Gasteiger partial charge in [0.1, 0.15) is 16.8 Å². The molecule has 27 heavy (non-hydrogen) atoms. The molecule has 1 fully saturated rings. The zero-order valence-electron chi connectivity index (χ0n) is 14.6. The molecule has 5 heterocycles. The fraction of sp³-hybridized carbons (Fsp3) is 0.263. The zero-order valence-corrected chi connectivity index (χ0v) is 15.4. The van der Waals surface area contributed by atoms with Crippen LogP contribution in [0.5, 0.6) is 0 Å². The van der Waals surface area contributed by atoms with E-state index in [0.29, 0.717) is 6.61 Å². The van der Waals surface area contributed by atoms with E-state index in [1.165, 1.54) is 0 Å². The number of ether oxygens (including phenoxy) is 1. The summed E-state index contributed by atoms with van der Waals surface area (Å²) in [5.74, 6) is 0. The Bertz CT molecular complexity index is 1030. The molecule has 8 heteroatoms. The van der Waals surface area contributed by atoms with Gasteiger partial charge < -0.3 is 4.74 Å². The highest BCUT2D eigenvalue weighted by molar-refractivity contribution is 7.09. The van der Waals surface area contributed by atoms with E-state index < -0.39 is 0 Å². The van der Waals surface area contributed by atoms with Gasteiger partial charge in [-0.2, -0.15) is 0 Å². The summed E-state index contributed by atoms with van der Waals surface area (Å²) in [4.78, 5) is 10.8. The second-order valence-electron chi connectivity index (χ2n) is 6.48. The van der Waals surface area contributed by atoms with E-state index >= 15 is 0 Å². The summed E-state index contributed by atoms with van der Waals surface area (Å²) in [6.45, 7) is 3.23. The van der Waals surface area contributed by atoms with Crippen molar-refractivity contribution in [3.8, 4) is 11.1 Å². The number of morpholine rings is 1. The Balaban J connectivity index is 1.39. The highest BCUT2D eigenvalue weighted by Crippen LogP contribution is 2.27. The maximum Gasteiger partial charge on any atom is 0.121 e. The van der Waals surface area contributed by atoms with E-state index in [4.69, 9.17) is 4.74 Å². The lowest BCUT2D eigenvalue weighted by molar-refractivity contribution is -0.0343. The Morgan fingerprint density at radius 1 is 1.11 bits per heavy atom. The molecule has 0 N–H and O–H groups in total. The smallest absolute Gasteiger partial charge is 0.121 e. The predicted molar refractivity (Wildman–Crippen MR) is 102 cm³/mol. The summed E-state index contributed by atoms with van der Waals surface area (Å²) in [7, 11) is 0. The largest absolute Gasteiger partial charge is 0.369 e. The molecule has 5 rings (SSSR count). The van der Waals surface area contributed by atoms with Crippen LogP contribution in [0.3, 0.4) is 0 Å². The van der Waals surface area contributed by atoms with Crippen molar-refractivity contribution in [2.75, 3.05) is 19.7 Å². The molecular formula is C19H18N6OS. The molecular weight excluding hydrogens is 360 g/mol. The molecule has 136 valence electrons. The molecule has 0 saturated carbocycles. The minimum Gasteiger partial charge on any atom is -0.369 e. The van der Waals surface area contributed by atoms with Crippen molar-refractivity contribution < 1.29 is 4.74 Å². The molecule has 1 atom stereocenters. The molecule has 0 bridgehead atoms. The van der Waals surface area contributed by atoms with E-state index in [0.717, 1.165) is 47.0 Å². The van der Waals surface area contributed by atoms with E-state index in [-0.39, 0.29) is 6.10 Å². The molecule has 0 radical (unpaired) electrons. The Kier molecular flexibility index (Phi) is 4.36. The number of rotatable bonds is 4. The fourth-order valence-corrected chi connectivity index (χ4v) is 4.05. The van der Waals surface area contributed by atoms with Crippen LogP contribution in [0.2, 0.25) is 0 Å². The van der Waals surface area contributed by atoms with Crippen LogP contribution in [0, 0.1) is 0 Å². The first-order valence-corrected chi connectivity index (χ1v) is 9.72. The first kappa shape index (κ1) is 16.5. The Morgan fingerprint density at radius 2 is 2.04 bits per heavy atom. The van der Waals surface area contributed by atoms with Gasteiger partial charge in [0.05, 0.1) is 18.7 Å². The van der Waals surface area contributed by atoms with Crippen LogP contribution in [-0.4, -0.2) is 49.4 Å². The number of nitrogens with zero attached hydrogens (tertiary/aromatic N) is 6. The molecule has 1 aliphatic rings. The van der Waals surface area contributed by atoms with Gasteiger partial charge in [-0.15, -0.1) is 16.4 Å². The average Bonchev–Trinajstić information content (AvgIpc) is 3.38. The van der Waals surface area contributed by atoms with Gasteiger partial charge in [-0.25, -0.2) is 9.50 Å². The average molecular weight is 378 g/mol. The topological polar surface area (TPSA) is 68.4 Å². The standard InChI is InChI=1S/C19H18N6OS/c1-2-16-19(17-12-24(8-9-26-17)13-18-21-7-10-27-18)22-23-25(16)11-15(1)14-3-5-20-6-4-14/h1-7,10-11,17H,8-9,12-13H2/t17-/m0/s1. The second-order valence-corrected chi connectivity index (χ2v) is 7.46. The quantitative estimate of drug-likeness (QED) is 0.544. The van der Waals surface area contributed by atoms with Gasteiger partial charge in [-0.1, -0.05) is 11.3 Å². The summed E-state index contributed by atoms with van der Waals surface area (Å²) >= 11 is 1.69. The Hall–Kier alpha value is -2.68. The van der Waals surface area contributed by atoms with Crippen LogP contribution < -0.4 is 0 Å². The lowest BCUT2D eigenvalue weighted by atomic mass is 10.1. The van der Waals surface area contributed by atoms with Crippen molar-refractivity contribution in [3.05, 3.63) is 65.1 Å². The number of pyridine rings is 2. The number of thiazole rings is 1. The maximum absolute atomic E-state index is 6.01. The molecule has 0 aromatic carbocycles. The first-order chi connectivity index (χ1) is 13.4. The van der Waals surface area contributed by atoms with Gasteiger partial charge in [0.15, 0.2) is 0 Å². The summed E-state index contributed by atoms with van der Waals surface area (Å²) in [6, 6.07) is 8.13. The van der Waals surface area contributed by atoms with Gasteiger partial charge in [-0.05, 0) is 23.8 Å². The normalized spacial score (nSPS) is 18.1. The number of hydrogen-bond acceptors (Lipinski definition) is 7. The minimum absolute atomic E-state index is 0.0806. The SMILES string of the molecule is c1cc(-c2ccc3c([C@@H]4CN(Cc5nccs5)CCO4)nnn3c2)ccn1. The van der Waals surface area contributed by atoms with Crippen molar-refractivity contribution in [3.63, 3.8) is 0 Å². The molecule has 0 amide bonds. The van der Waals surface area contributed by atoms with Gasteiger partial charge in [0.25, 0.3) is 0 Å². The van der Waals surface area contributed by atoms with Gasteiger partial charge in [-0.3, -0.25) is 9.88 Å². The van der Waals surface area contributed by atoms with Crippen molar-refractivity contribution in [1.29, 1.82) is 0 Å². The van der Waals surface area contributed by atoms with Crippen LogP contribution >= 0.6 is 11.3 Å². The fourth-order valence-electron chi connectivity index (χ4n) is 3.39. The summed E-state index contributed by atoms with van der Waals surface area (Å²) in [6.07, 6.45) is 7.35. The molecule has 1 aliphatic heterocycles. The van der Waals surface area contributed by atoms with E-state index in [1.807, 2.05) is 34.4 Å². The third-order valence-electron chi connectivity index (χ3n) is 4.75. The summed E-state index contributed by atoms with van der Waals surface area (Å²) in [5, 5.41) is 11.9. The highest BCUT2D eigenvalue weighted by atomic mass is 32.1. The molecule has 1 saturated heterocycles. The van der Waals surface area contributed by atoms with Crippen molar-refractivity contribution in [2.24, 2.45) is 0 Å². The van der Waals surface area contributed by atoms with Crippen molar-refractivity contribution in [1.82, 2.24) is 29.7 Å². The zero-order chi connectivity index (χ0) is 18.1. The monoisotopic (exact) mass is 378 g/mol. The van der Waals surface area contributed by atoms with Crippen LogP contribution in [0.4, 0.5) is 0 Å². The Morgan fingerprint density at radius 3 is 2.89 bits per heavy atom. The van der Waals surface area contributed by atoms with Gasteiger partial charge in [0.2, 0.25) is 0 Å². The van der Waals surface area contributed by atoms with E-state index in [9.17, 15) is 0 Å². The third-order valence-corrected chi connectivity index (χ3v) is 5.52. The highest BCUT2D eigenvalue weighted by Gasteiger charge is 2.26. The number of aromatic nitrogens is 5. The lowest BCUT2D eigenvalue weighted by Crippen LogP contribution is -2.38. The number of fused-ring (bicyclic) bond motifs is 1. The van der Waals surface area contributed by atoms with Crippen LogP contribution in [0.1, 0.15) is 16.8 Å². The number of hydrogen-bond donors (Lipinski definition) is 0. The first-order valence-electron chi connectivity index (χ1n) is 8.84. The van der Waals surface area contributed by atoms with E-state index in [1.54, 1.807) is 23.7 Å². The predicted octanol–water partition coefficient (Wildman–Crippen LogP) is 2.82. The van der Waals surface area contributed by atoms with Crippen LogP contribution in [0.25, 0.3) is 16.6 Å². The van der Waals surface area contributed by atoms with Gasteiger partial charge >= 0.3 is 0 Å². The second kappa shape index (κ2) is 7.15. The molecule has 4 aromatic heterocycles. The molecule has 0 spiro atoms. The van der Waals surface area contributed by atoms with Crippen molar-refractivity contribution >= 4 is 16.9 Å². The van der Waals surface area contributed by atoms with Crippen LogP contribution in [0.15, 0.2) is 54.4 Å². The molecule has 0 aliphatic carbocycles. The minimum atomic E-state index is -0.0806. The van der Waals surface area contributed by atoms with Crippen molar-refractivity contribution in [2.45, 2.75) is 12.6 Å². The molecule has 7 nitrogen and oxygen atoms in total. The summed E-state index contributed by atoms with van der Waals surface area (Å²) in [5.41, 5.74) is 4.05. The van der Waals surface area contributed by atoms with Gasteiger partial charge in [0, 0.05) is 48.8 Å².